The van der Waals surface area contributed by atoms with E-state index in [1.807, 2.05) is 37.3 Å². The number of carbonyl (C=O) groups excluding carboxylic acids is 1. The van der Waals surface area contributed by atoms with Crippen LogP contribution in [0.1, 0.15) is 36.9 Å². The molecule has 1 amide bonds. The number of aliphatic imine (C=N–C) groups is 1. The Bertz CT molecular complexity index is 898. The quantitative estimate of drug-likeness (QED) is 0.798. The first-order valence-electron chi connectivity index (χ1n) is 8.71. The minimum atomic E-state index is -0.130. The molecule has 1 aliphatic heterocycles. The van der Waals surface area contributed by atoms with E-state index in [0.29, 0.717) is 21.3 Å². The normalized spacial score (nSPS) is 21.1. The van der Waals surface area contributed by atoms with E-state index in [1.54, 1.807) is 10.8 Å². The van der Waals surface area contributed by atoms with Gasteiger partial charge in [0.25, 0.3) is 5.91 Å². The molecular weight excluding hydrogens is 368 g/mol. The number of carbonyl (C=O) groups is 1. The molecule has 0 unspecified atom stereocenters. The number of nitrogens with zero attached hydrogens (tertiary/aromatic N) is 3. The first-order valence-corrected chi connectivity index (χ1v) is 9.90. The lowest BCUT2D eigenvalue weighted by Gasteiger charge is -2.02. The summed E-state index contributed by atoms with van der Waals surface area (Å²) in [6.07, 6.45) is 6.45. The average molecular weight is 387 g/mol. The van der Waals surface area contributed by atoms with Gasteiger partial charge in [-0.05, 0) is 49.7 Å². The highest BCUT2D eigenvalue weighted by Gasteiger charge is 2.27. The topological polar surface area (TPSA) is 59.3 Å². The second-order valence-electron chi connectivity index (χ2n) is 6.47. The highest BCUT2D eigenvalue weighted by Crippen LogP contribution is 2.32. The summed E-state index contributed by atoms with van der Waals surface area (Å²) < 4.78 is 1.69. The second kappa shape index (κ2) is 7.29. The Morgan fingerprint density at radius 2 is 2.04 bits per heavy atom. The molecular formula is C19H19ClN4OS. The summed E-state index contributed by atoms with van der Waals surface area (Å²) in [6.45, 7) is 1.89. The summed E-state index contributed by atoms with van der Waals surface area (Å²) in [5.74, 6) is -0.130. The number of hydrogen-bond donors (Lipinski definition) is 1. The summed E-state index contributed by atoms with van der Waals surface area (Å²) in [5.41, 5.74) is 2.42. The zero-order valence-corrected chi connectivity index (χ0v) is 16.0. The predicted octanol–water partition coefficient (Wildman–Crippen LogP) is 4.34. The Labute approximate surface area is 161 Å². The van der Waals surface area contributed by atoms with Crippen molar-refractivity contribution in [3.8, 4) is 5.69 Å². The second-order valence-corrected chi connectivity index (χ2v) is 7.86. The molecule has 1 aromatic carbocycles. The van der Waals surface area contributed by atoms with Crippen LogP contribution in [0.5, 0.6) is 0 Å². The highest BCUT2D eigenvalue weighted by atomic mass is 35.5. The number of halogens is 1. The van der Waals surface area contributed by atoms with Gasteiger partial charge in [-0.3, -0.25) is 9.79 Å². The number of rotatable bonds is 3. The molecule has 0 bridgehead atoms. The van der Waals surface area contributed by atoms with E-state index in [2.05, 4.69) is 15.4 Å². The lowest BCUT2D eigenvalue weighted by Crippen LogP contribution is -2.21. The lowest BCUT2D eigenvalue weighted by atomic mass is 10.2. The van der Waals surface area contributed by atoms with Crippen molar-refractivity contribution in [1.29, 1.82) is 0 Å². The van der Waals surface area contributed by atoms with Crippen LogP contribution in [0.2, 0.25) is 5.15 Å². The van der Waals surface area contributed by atoms with Crippen molar-refractivity contribution in [2.75, 3.05) is 0 Å². The first-order chi connectivity index (χ1) is 12.6. The molecule has 4 rings (SSSR count). The minimum absolute atomic E-state index is 0.130. The summed E-state index contributed by atoms with van der Waals surface area (Å²) in [4.78, 5) is 17.6. The summed E-state index contributed by atoms with van der Waals surface area (Å²) in [6, 6.07) is 10.0. The smallest absolute Gasteiger partial charge is 0.264 e. The van der Waals surface area contributed by atoms with Crippen molar-refractivity contribution < 1.29 is 4.79 Å². The Morgan fingerprint density at radius 3 is 2.77 bits per heavy atom. The molecule has 0 spiro atoms. The van der Waals surface area contributed by atoms with E-state index >= 15 is 0 Å². The van der Waals surface area contributed by atoms with E-state index < -0.39 is 0 Å². The van der Waals surface area contributed by atoms with Crippen molar-refractivity contribution in [3.05, 3.63) is 51.6 Å². The van der Waals surface area contributed by atoms with Gasteiger partial charge in [0.05, 0.1) is 22.3 Å². The van der Waals surface area contributed by atoms with Crippen LogP contribution in [0.3, 0.4) is 0 Å². The molecule has 1 N–H and O–H groups in total. The standard InChI is InChI=1S/C19H19ClN4OS/c1-12-15(17(20)24(23-12)14-9-3-2-4-10-14)11-16-18(25)22-19(26-16)21-13-7-5-6-8-13/h2-4,9-11,13H,5-8H2,1H3,(H,21,22,25)/b16-11-. The maximum Gasteiger partial charge on any atom is 0.264 e. The van der Waals surface area contributed by atoms with Crippen LogP contribution in [0, 0.1) is 6.92 Å². The Hall–Kier alpha value is -2.05. The number of nitrogens with one attached hydrogen (secondary N) is 1. The van der Waals surface area contributed by atoms with Crippen molar-refractivity contribution in [1.82, 2.24) is 15.1 Å². The number of thioether (sulfide) groups is 1. The Kier molecular flexibility index (Phi) is 4.87. The largest absolute Gasteiger partial charge is 0.301 e. The molecule has 0 radical (unpaired) electrons. The van der Waals surface area contributed by atoms with Crippen LogP contribution in [0.25, 0.3) is 11.8 Å². The van der Waals surface area contributed by atoms with E-state index in [1.165, 1.54) is 24.6 Å². The van der Waals surface area contributed by atoms with Gasteiger partial charge in [0, 0.05) is 5.56 Å². The minimum Gasteiger partial charge on any atom is -0.301 e. The van der Waals surface area contributed by atoms with E-state index in [-0.39, 0.29) is 5.91 Å². The number of hydrogen-bond acceptors (Lipinski definition) is 4. The zero-order chi connectivity index (χ0) is 18.1. The molecule has 1 aliphatic carbocycles. The van der Waals surface area contributed by atoms with Crippen LogP contribution in [0.4, 0.5) is 0 Å². The van der Waals surface area contributed by atoms with Crippen molar-refractivity contribution in [2.45, 2.75) is 38.6 Å². The van der Waals surface area contributed by atoms with Gasteiger partial charge in [0.2, 0.25) is 0 Å². The number of amidine groups is 1. The fraction of sp³-hybridized carbons (Fsp3) is 0.316. The number of amides is 1. The van der Waals surface area contributed by atoms with Crippen molar-refractivity contribution in [2.24, 2.45) is 4.99 Å². The monoisotopic (exact) mass is 386 g/mol. The number of benzene rings is 1. The van der Waals surface area contributed by atoms with Gasteiger partial charge in [0.15, 0.2) is 5.17 Å². The molecule has 7 heteroatoms. The van der Waals surface area contributed by atoms with Gasteiger partial charge in [-0.25, -0.2) is 4.68 Å². The van der Waals surface area contributed by atoms with Crippen molar-refractivity contribution in [3.63, 3.8) is 0 Å². The van der Waals surface area contributed by atoms with Crippen molar-refractivity contribution >= 4 is 40.5 Å². The van der Waals surface area contributed by atoms with Gasteiger partial charge in [0.1, 0.15) is 5.15 Å². The van der Waals surface area contributed by atoms with Gasteiger partial charge < -0.3 is 5.32 Å². The molecule has 2 heterocycles. The molecule has 0 atom stereocenters. The zero-order valence-electron chi connectivity index (χ0n) is 14.4. The molecule has 5 nitrogen and oxygen atoms in total. The molecule has 1 saturated carbocycles. The Balaban J connectivity index is 1.62. The van der Waals surface area contributed by atoms with Crippen LogP contribution in [-0.2, 0) is 4.79 Å². The summed E-state index contributed by atoms with van der Waals surface area (Å²) >= 11 is 7.93. The average Bonchev–Trinajstić information content (AvgIpc) is 3.33. The lowest BCUT2D eigenvalue weighted by molar-refractivity contribution is -0.115. The van der Waals surface area contributed by atoms with E-state index in [0.717, 1.165) is 29.8 Å². The summed E-state index contributed by atoms with van der Waals surface area (Å²) in [5, 5.41) is 8.57. The predicted molar refractivity (Wildman–Crippen MR) is 107 cm³/mol. The van der Waals surface area contributed by atoms with Gasteiger partial charge >= 0.3 is 0 Å². The molecule has 1 saturated heterocycles. The molecule has 2 aliphatic rings. The third-order valence-electron chi connectivity index (χ3n) is 4.60. The fourth-order valence-corrected chi connectivity index (χ4v) is 4.44. The maximum absolute atomic E-state index is 12.3. The third kappa shape index (κ3) is 3.44. The Morgan fingerprint density at radius 1 is 1.31 bits per heavy atom. The van der Waals surface area contributed by atoms with E-state index in [9.17, 15) is 4.79 Å². The number of para-hydroxylation sites is 1. The summed E-state index contributed by atoms with van der Waals surface area (Å²) in [7, 11) is 0. The fourth-order valence-electron chi connectivity index (χ4n) is 3.23. The molecule has 134 valence electrons. The van der Waals surface area contributed by atoms with Gasteiger partial charge in [-0.15, -0.1) is 0 Å². The maximum atomic E-state index is 12.3. The van der Waals surface area contributed by atoms with E-state index in [4.69, 9.17) is 11.6 Å². The number of aryl methyl sites for hydroxylation is 1. The SMILES string of the molecule is Cc1nn(-c2ccccc2)c(Cl)c1/C=C1\SC(=NC2CCCC2)NC1=O. The molecule has 1 aromatic heterocycles. The molecule has 26 heavy (non-hydrogen) atoms. The van der Waals surface area contributed by atoms with Gasteiger partial charge in [-0.1, -0.05) is 42.6 Å². The highest BCUT2D eigenvalue weighted by molar-refractivity contribution is 8.18. The molecule has 2 aromatic rings. The first kappa shape index (κ1) is 17.4. The number of aromatic nitrogens is 2. The van der Waals surface area contributed by atoms with Gasteiger partial charge in [-0.2, -0.15) is 5.10 Å². The van der Waals surface area contributed by atoms with Crippen LogP contribution in [-0.4, -0.2) is 26.9 Å². The van der Waals surface area contributed by atoms with Crippen LogP contribution >= 0.6 is 23.4 Å². The van der Waals surface area contributed by atoms with Crippen LogP contribution in [0.15, 0.2) is 40.2 Å². The molecule has 2 fully saturated rings. The van der Waals surface area contributed by atoms with Crippen LogP contribution < -0.4 is 5.32 Å². The third-order valence-corrected chi connectivity index (χ3v) is 5.89.